The molecule has 1 fully saturated rings. The first-order chi connectivity index (χ1) is 7.43. The van der Waals surface area contributed by atoms with Crippen LogP contribution in [0.25, 0.3) is 10.9 Å². The molecule has 1 saturated heterocycles. The summed E-state index contributed by atoms with van der Waals surface area (Å²) in [5.41, 5.74) is 2.42. The lowest BCUT2D eigenvalue weighted by Gasteiger charge is -2.17. The third-order valence-corrected chi connectivity index (χ3v) is 3.06. The fraction of sp³-hybridized carbons (Fsp3) is 0.308. The van der Waals surface area contributed by atoms with Gasteiger partial charge in [-0.25, -0.2) is 0 Å². The van der Waals surface area contributed by atoms with Crippen LogP contribution in [0, 0.1) is 0 Å². The van der Waals surface area contributed by atoms with Crippen LogP contribution < -0.4 is 4.90 Å². The van der Waals surface area contributed by atoms with E-state index >= 15 is 0 Å². The van der Waals surface area contributed by atoms with Crippen LogP contribution in [-0.2, 0) is 0 Å². The minimum absolute atomic E-state index is 1.10. The molecule has 2 nitrogen and oxygen atoms in total. The molecule has 1 aromatic carbocycles. The van der Waals surface area contributed by atoms with Crippen LogP contribution in [0.3, 0.4) is 0 Å². The van der Waals surface area contributed by atoms with Crippen LogP contribution in [0.2, 0.25) is 0 Å². The van der Waals surface area contributed by atoms with E-state index in [0.717, 1.165) is 5.52 Å². The number of rotatable bonds is 1. The SMILES string of the molecule is c1cnc2cc(N3CCCC3)ccc2c1. The van der Waals surface area contributed by atoms with E-state index in [1.165, 1.54) is 37.0 Å². The molecule has 0 spiro atoms. The summed E-state index contributed by atoms with van der Waals surface area (Å²) in [6.07, 6.45) is 4.50. The first-order valence-corrected chi connectivity index (χ1v) is 5.53. The molecule has 1 aliphatic rings. The number of nitrogens with zero attached hydrogens (tertiary/aromatic N) is 2. The van der Waals surface area contributed by atoms with Gasteiger partial charge < -0.3 is 4.90 Å². The van der Waals surface area contributed by atoms with Gasteiger partial charge in [0.25, 0.3) is 0 Å². The van der Waals surface area contributed by atoms with E-state index in [1.54, 1.807) is 0 Å². The van der Waals surface area contributed by atoms with Crippen LogP contribution in [0.1, 0.15) is 12.8 Å². The standard InChI is InChI=1S/C13H14N2/c1-2-9-15(8-1)12-6-5-11-4-3-7-14-13(11)10-12/h3-7,10H,1-2,8-9H2. The van der Waals surface area contributed by atoms with Gasteiger partial charge in [-0.05, 0) is 31.0 Å². The predicted molar refractivity (Wildman–Crippen MR) is 63.2 cm³/mol. The van der Waals surface area contributed by atoms with Gasteiger partial charge in [-0.2, -0.15) is 0 Å². The summed E-state index contributed by atoms with van der Waals surface area (Å²) in [6.45, 7) is 2.39. The molecule has 2 aromatic rings. The summed E-state index contributed by atoms with van der Waals surface area (Å²) in [4.78, 5) is 6.83. The predicted octanol–water partition coefficient (Wildman–Crippen LogP) is 2.84. The Morgan fingerprint density at radius 3 is 2.80 bits per heavy atom. The molecule has 0 radical (unpaired) electrons. The maximum absolute atomic E-state index is 4.39. The Labute approximate surface area is 89.5 Å². The van der Waals surface area contributed by atoms with E-state index in [0.29, 0.717) is 0 Å². The average Bonchev–Trinajstić information content (AvgIpc) is 2.82. The largest absolute Gasteiger partial charge is 0.371 e. The van der Waals surface area contributed by atoms with Crippen molar-refractivity contribution < 1.29 is 0 Å². The summed E-state index contributed by atoms with van der Waals surface area (Å²) >= 11 is 0. The Hall–Kier alpha value is -1.57. The molecule has 2 heterocycles. The zero-order valence-corrected chi connectivity index (χ0v) is 8.69. The number of aromatic nitrogens is 1. The van der Waals surface area contributed by atoms with E-state index in [9.17, 15) is 0 Å². The molecular weight excluding hydrogens is 184 g/mol. The van der Waals surface area contributed by atoms with Crippen molar-refractivity contribution in [1.29, 1.82) is 0 Å². The Morgan fingerprint density at radius 2 is 1.93 bits per heavy atom. The number of pyridine rings is 1. The quantitative estimate of drug-likeness (QED) is 0.700. The fourth-order valence-corrected chi connectivity index (χ4v) is 2.23. The highest BCUT2D eigenvalue weighted by atomic mass is 15.1. The minimum Gasteiger partial charge on any atom is -0.371 e. The molecule has 2 heteroatoms. The van der Waals surface area contributed by atoms with Crippen LogP contribution >= 0.6 is 0 Å². The lowest BCUT2D eigenvalue weighted by molar-refractivity contribution is 0.949. The number of fused-ring (bicyclic) bond motifs is 1. The highest BCUT2D eigenvalue weighted by molar-refractivity contribution is 5.82. The molecule has 3 rings (SSSR count). The minimum atomic E-state index is 1.10. The van der Waals surface area contributed by atoms with Crippen molar-refractivity contribution in [1.82, 2.24) is 4.98 Å². The van der Waals surface area contributed by atoms with Gasteiger partial charge in [0, 0.05) is 30.4 Å². The zero-order chi connectivity index (χ0) is 10.1. The summed E-state index contributed by atoms with van der Waals surface area (Å²) < 4.78 is 0. The van der Waals surface area contributed by atoms with Gasteiger partial charge in [0.2, 0.25) is 0 Å². The summed E-state index contributed by atoms with van der Waals surface area (Å²) in [5.74, 6) is 0. The number of hydrogen-bond donors (Lipinski definition) is 0. The van der Waals surface area contributed by atoms with Crippen molar-refractivity contribution in [3.8, 4) is 0 Å². The van der Waals surface area contributed by atoms with Gasteiger partial charge >= 0.3 is 0 Å². The first kappa shape index (κ1) is 8.72. The molecule has 0 bridgehead atoms. The van der Waals surface area contributed by atoms with Crippen LogP contribution in [0.5, 0.6) is 0 Å². The van der Waals surface area contributed by atoms with Crippen LogP contribution in [0.4, 0.5) is 5.69 Å². The van der Waals surface area contributed by atoms with Crippen molar-refractivity contribution >= 4 is 16.6 Å². The van der Waals surface area contributed by atoms with Gasteiger partial charge in [0.1, 0.15) is 0 Å². The summed E-state index contributed by atoms with van der Waals surface area (Å²) in [5, 5.41) is 1.22. The van der Waals surface area contributed by atoms with Gasteiger partial charge in [-0.15, -0.1) is 0 Å². The van der Waals surface area contributed by atoms with E-state index in [-0.39, 0.29) is 0 Å². The second-order valence-corrected chi connectivity index (χ2v) is 4.07. The molecule has 0 aliphatic carbocycles. The highest BCUT2D eigenvalue weighted by Gasteiger charge is 2.12. The monoisotopic (exact) mass is 198 g/mol. The molecule has 0 atom stereocenters. The molecule has 15 heavy (non-hydrogen) atoms. The molecule has 0 N–H and O–H groups in total. The Kier molecular flexibility index (Phi) is 2.05. The van der Waals surface area contributed by atoms with E-state index in [1.807, 2.05) is 12.3 Å². The molecule has 76 valence electrons. The van der Waals surface area contributed by atoms with E-state index in [4.69, 9.17) is 0 Å². The molecule has 1 aromatic heterocycles. The van der Waals surface area contributed by atoms with Crippen molar-refractivity contribution in [2.45, 2.75) is 12.8 Å². The second-order valence-electron chi connectivity index (χ2n) is 4.07. The fourth-order valence-electron chi connectivity index (χ4n) is 2.23. The van der Waals surface area contributed by atoms with Gasteiger partial charge in [-0.3, -0.25) is 4.98 Å². The molecule has 0 saturated carbocycles. The molecule has 1 aliphatic heterocycles. The van der Waals surface area contributed by atoms with Crippen LogP contribution in [-0.4, -0.2) is 18.1 Å². The second kappa shape index (κ2) is 3.54. The van der Waals surface area contributed by atoms with Gasteiger partial charge in [0.15, 0.2) is 0 Å². The Morgan fingerprint density at radius 1 is 1.07 bits per heavy atom. The molecular formula is C13H14N2. The lowest BCUT2D eigenvalue weighted by atomic mass is 10.2. The highest BCUT2D eigenvalue weighted by Crippen LogP contribution is 2.23. The van der Waals surface area contributed by atoms with Crippen molar-refractivity contribution in [2.24, 2.45) is 0 Å². The van der Waals surface area contributed by atoms with Crippen molar-refractivity contribution in [3.05, 3.63) is 36.5 Å². The van der Waals surface area contributed by atoms with Crippen molar-refractivity contribution in [2.75, 3.05) is 18.0 Å². The Bertz CT molecular complexity index is 473. The average molecular weight is 198 g/mol. The maximum atomic E-state index is 4.39. The summed E-state index contributed by atoms with van der Waals surface area (Å²) in [7, 11) is 0. The molecule has 0 amide bonds. The molecule has 0 unspecified atom stereocenters. The van der Waals surface area contributed by atoms with Crippen LogP contribution in [0.15, 0.2) is 36.5 Å². The van der Waals surface area contributed by atoms with E-state index in [2.05, 4.69) is 34.1 Å². The van der Waals surface area contributed by atoms with Gasteiger partial charge in [-0.1, -0.05) is 12.1 Å². The summed E-state index contributed by atoms with van der Waals surface area (Å²) in [6, 6.07) is 10.7. The van der Waals surface area contributed by atoms with Gasteiger partial charge in [0.05, 0.1) is 5.52 Å². The normalized spacial score (nSPS) is 16.1. The number of benzene rings is 1. The Balaban J connectivity index is 2.05. The topological polar surface area (TPSA) is 16.1 Å². The number of hydrogen-bond acceptors (Lipinski definition) is 2. The zero-order valence-electron chi connectivity index (χ0n) is 8.69. The maximum Gasteiger partial charge on any atom is 0.0722 e. The first-order valence-electron chi connectivity index (χ1n) is 5.53. The third-order valence-electron chi connectivity index (χ3n) is 3.06. The third kappa shape index (κ3) is 1.56. The lowest BCUT2D eigenvalue weighted by Crippen LogP contribution is -2.17. The van der Waals surface area contributed by atoms with Crippen molar-refractivity contribution in [3.63, 3.8) is 0 Å². The van der Waals surface area contributed by atoms with E-state index < -0.39 is 0 Å². The number of anilines is 1. The smallest absolute Gasteiger partial charge is 0.0722 e.